The zero-order chi connectivity index (χ0) is 13.5. The summed E-state index contributed by atoms with van der Waals surface area (Å²) in [6, 6.07) is 7.75. The minimum atomic E-state index is -0.488. The Bertz CT molecular complexity index is 394. The molecule has 100 valence electrons. The summed E-state index contributed by atoms with van der Waals surface area (Å²) in [5, 5.41) is 11.4. The summed E-state index contributed by atoms with van der Waals surface area (Å²) in [6.07, 6.45) is 0. The van der Waals surface area contributed by atoms with Gasteiger partial charge in [0, 0.05) is 6.54 Å². The van der Waals surface area contributed by atoms with E-state index in [1.807, 2.05) is 43.3 Å². The number of aliphatic hydroxyl groups is 1. The van der Waals surface area contributed by atoms with Gasteiger partial charge < -0.3 is 20.1 Å². The van der Waals surface area contributed by atoms with Crippen LogP contribution in [0, 0.1) is 0 Å². The van der Waals surface area contributed by atoms with Gasteiger partial charge in [0.2, 0.25) is 5.91 Å². The zero-order valence-corrected chi connectivity index (χ0v) is 11.0. The van der Waals surface area contributed by atoms with E-state index in [2.05, 4.69) is 5.32 Å². The minimum Gasteiger partial charge on any atom is -0.497 e. The highest BCUT2D eigenvalue weighted by Crippen LogP contribution is 2.21. The molecule has 1 aromatic rings. The monoisotopic (exact) mass is 252 g/mol. The molecule has 1 aromatic carbocycles. The Kier molecular flexibility index (Phi) is 5.61. The Morgan fingerprint density at radius 2 is 2.22 bits per heavy atom. The molecule has 0 aromatic heterocycles. The molecule has 1 rings (SSSR count). The third kappa shape index (κ3) is 4.01. The number of rotatable bonds is 6. The lowest BCUT2D eigenvalue weighted by Crippen LogP contribution is -2.35. The number of hydrogen-bond donors (Lipinski definition) is 2. The standard InChI is InChI=1S/C13H20N2O3/c1-15(2)12(8-14-13(17)9-16)10-5-4-6-11(7-10)18-3/h4-7,12,16H,8-9H2,1-3H3,(H,14,17). The highest BCUT2D eigenvalue weighted by molar-refractivity contribution is 5.76. The van der Waals surface area contributed by atoms with Crippen LogP contribution in [0.1, 0.15) is 11.6 Å². The van der Waals surface area contributed by atoms with Crippen LogP contribution in [-0.4, -0.2) is 50.3 Å². The van der Waals surface area contributed by atoms with E-state index < -0.39 is 6.61 Å². The van der Waals surface area contributed by atoms with Crippen molar-refractivity contribution < 1.29 is 14.6 Å². The maximum atomic E-state index is 11.1. The average Bonchev–Trinajstić information content (AvgIpc) is 2.38. The van der Waals surface area contributed by atoms with Crippen LogP contribution in [0.4, 0.5) is 0 Å². The van der Waals surface area contributed by atoms with Crippen molar-refractivity contribution in [3.63, 3.8) is 0 Å². The predicted molar refractivity (Wildman–Crippen MR) is 69.5 cm³/mol. The number of amides is 1. The van der Waals surface area contributed by atoms with E-state index in [-0.39, 0.29) is 11.9 Å². The molecule has 1 unspecified atom stereocenters. The van der Waals surface area contributed by atoms with Crippen molar-refractivity contribution in [3.8, 4) is 5.75 Å². The fourth-order valence-electron chi connectivity index (χ4n) is 1.71. The largest absolute Gasteiger partial charge is 0.497 e. The third-order valence-electron chi connectivity index (χ3n) is 2.74. The molecule has 0 fully saturated rings. The lowest BCUT2D eigenvalue weighted by atomic mass is 10.1. The van der Waals surface area contributed by atoms with E-state index in [1.165, 1.54) is 0 Å². The molecule has 0 saturated carbocycles. The van der Waals surface area contributed by atoms with Gasteiger partial charge in [0.05, 0.1) is 13.2 Å². The second kappa shape index (κ2) is 6.98. The van der Waals surface area contributed by atoms with Gasteiger partial charge in [0.15, 0.2) is 0 Å². The fraction of sp³-hybridized carbons (Fsp3) is 0.462. The first-order valence-corrected chi connectivity index (χ1v) is 5.76. The quantitative estimate of drug-likeness (QED) is 0.769. The van der Waals surface area contributed by atoms with Gasteiger partial charge >= 0.3 is 0 Å². The molecule has 0 aliphatic rings. The summed E-state index contributed by atoms with van der Waals surface area (Å²) in [4.78, 5) is 13.1. The van der Waals surface area contributed by atoms with Crippen LogP contribution in [-0.2, 0) is 4.79 Å². The van der Waals surface area contributed by atoms with Crippen LogP contribution in [0.25, 0.3) is 0 Å². The first-order valence-electron chi connectivity index (χ1n) is 5.76. The van der Waals surface area contributed by atoms with E-state index in [0.29, 0.717) is 6.54 Å². The Balaban J connectivity index is 2.80. The number of nitrogens with one attached hydrogen (secondary N) is 1. The van der Waals surface area contributed by atoms with Crippen LogP contribution in [0.5, 0.6) is 5.75 Å². The highest BCUT2D eigenvalue weighted by atomic mass is 16.5. The Labute approximate surface area is 107 Å². The average molecular weight is 252 g/mol. The van der Waals surface area contributed by atoms with Gasteiger partial charge in [-0.15, -0.1) is 0 Å². The number of aliphatic hydroxyl groups excluding tert-OH is 1. The van der Waals surface area contributed by atoms with Gasteiger partial charge in [0.1, 0.15) is 12.4 Å². The number of carbonyl (C=O) groups is 1. The topological polar surface area (TPSA) is 61.8 Å². The summed E-state index contributed by atoms with van der Waals surface area (Å²) in [5.74, 6) is 0.414. The molecule has 0 saturated heterocycles. The fourth-order valence-corrected chi connectivity index (χ4v) is 1.71. The van der Waals surface area contributed by atoms with Crippen molar-refractivity contribution in [3.05, 3.63) is 29.8 Å². The van der Waals surface area contributed by atoms with Crippen molar-refractivity contribution in [1.29, 1.82) is 0 Å². The predicted octanol–water partition coefficient (Wildman–Crippen LogP) is 0.406. The van der Waals surface area contributed by atoms with Crippen molar-refractivity contribution in [2.45, 2.75) is 6.04 Å². The summed E-state index contributed by atoms with van der Waals surface area (Å²) in [6.45, 7) is -0.0438. The summed E-state index contributed by atoms with van der Waals surface area (Å²) in [5.41, 5.74) is 1.05. The van der Waals surface area contributed by atoms with Crippen LogP contribution >= 0.6 is 0 Å². The number of benzene rings is 1. The van der Waals surface area contributed by atoms with E-state index in [9.17, 15) is 4.79 Å². The number of likely N-dealkylation sites (N-methyl/N-ethyl adjacent to an activating group) is 1. The zero-order valence-electron chi connectivity index (χ0n) is 11.0. The molecule has 18 heavy (non-hydrogen) atoms. The summed E-state index contributed by atoms with van der Waals surface area (Å²) >= 11 is 0. The first-order chi connectivity index (χ1) is 8.58. The van der Waals surface area contributed by atoms with Crippen molar-refractivity contribution in [1.82, 2.24) is 10.2 Å². The van der Waals surface area contributed by atoms with Crippen LogP contribution in [0.2, 0.25) is 0 Å². The van der Waals surface area contributed by atoms with Crippen molar-refractivity contribution in [2.24, 2.45) is 0 Å². The Morgan fingerprint density at radius 1 is 1.50 bits per heavy atom. The highest BCUT2D eigenvalue weighted by Gasteiger charge is 2.15. The minimum absolute atomic E-state index is 0.0376. The lowest BCUT2D eigenvalue weighted by molar-refractivity contribution is -0.124. The number of methoxy groups -OCH3 is 1. The first kappa shape index (κ1) is 14.5. The third-order valence-corrected chi connectivity index (χ3v) is 2.74. The molecule has 5 heteroatoms. The van der Waals surface area contributed by atoms with E-state index >= 15 is 0 Å². The summed E-state index contributed by atoms with van der Waals surface area (Å²) < 4.78 is 5.19. The molecule has 0 aliphatic heterocycles. The van der Waals surface area contributed by atoms with Gasteiger partial charge in [-0.2, -0.15) is 0 Å². The van der Waals surface area contributed by atoms with Crippen LogP contribution < -0.4 is 10.1 Å². The molecular weight excluding hydrogens is 232 g/mol. The van der Waals surface area contributed by atoms with Gasteiger partial charge in [-0.25, -0.2) is 0 Å². The number of nitrogens with zero attached hydrogens (tertiary/aromatic N) is 1. The molecule has 0 heterocycles. The maximum Gasteiger partial charge on any atom is 0.245 e. The van der Waals surface area contributed by atoms with Gasteiger partial charge in [-0.3, -0.25) is 4.79 Å². The molecule has 0 radical (unpaired) electrons. The van der Waals surface area contributed by atoms with E-state index in [0.717, 1.165) is 11.3 Å². The molecule has 1 amide bonds. The molecule has 1 atom stereocenters. The SMILES string of the molecule is COc1cccc(C(CNC(=O)CO)N(C)C)c1. The van der Waals surface area contributed by atoms with Gasteiger partial charge in [-0.1, -0.05) is 12.1 Å². The van der Waals surface area contributed by atoms with E-state index in [1.54, 1.807) is 7.11 Å². The Hall–Kier alpha value is -1.59. The second-order valence-corrected chi connectivity index (χ2v) is 4.22. The molecule has 2 N–H and O–H groups in total. The van der Waals surface area contributed by atoms with E-state index in [4.69, 9.17) is 9.84 Å². The summed E-state index contributed by atoms with van der Waals surface area (Å²) in [7, 11) is 5.50. The molecular formula is C13H20N2O3. The second-order valence-electron chi connectivity index (χ2n) is 4.22. The van der Waals surface area contributed by atoms with Crippen LogP contribution in [0.15, 0.2) is 24.3 Å². The number of hydrogen-bond acceptors (Lipinski definition) is 4. The van der Waals surface area contributed by atoms with Gasteiger partial charge in [-0.05, 0) is 31.8 Å². The number of ether oxygens (including phenoxy) is 1. The maximum absolute atomic E-state index is 11.1. The molecule has 0 aliphatic carbocycles. The molecule has 0 spiro atoms. The van der Waals surface area contributed by atoms with Crippen LogP contribution in [0.3, 0.4) is 0 Å². The van der Waals surface area contributed by atoms with Gasteiger partial charge in [0.25, 0.3) is 0 Å². The molecule has 0 bridgehead atoms. The van der Waals surface area contributed by atoms with Crippen molar-refractivity contribution in [2.75, 3.05) is 34.4 Å². The molecule has 5 nitrogen and oxygen atoms in total. The smallest absolute Gasteiger partial charge is 0.245 e. The van der Waals surface area contributed by atoms with Crippen molar-refractivity contribution >= 4 is 5.91 Å². The normalized spacial score (nSPS) is 12.3. The Morgan fingerprint density at radius 3 is 2.78 bits per heavy atom. The lowest BCUT2D eigenvalue weighted by Gasteiger charge is -2.25. The number of carbonyl (C=O) groups excluding carboxylic acids is 1.